The second-order valence-electron chi connectivity index (χ2n) is 3.51. The minimum atomic E-state index is -4.48. The van der Waals surface area contributed by atoms with Gasteiger partial charge in [-0.25, -0.2) is 14.1 Å². The molecular formula is C10H8F4N4. The zero-order valence-corrected chi connectivity index (χ0v) is 8.95. The molecule has 2 heterocycles. The van der Waals surface area contributed by atoms with Crippen LogP contribution >= 0.6 is 0 Å². The Balaban J connectivity index is 2.46. The smallest absolute Gasteiger partial charge is 0.326 e. The standard InChI is InChI=1S/C10H8F4N4/c11-8-1-6(2-15)9(16-4-8)18-5-7(3-17-18)10(12,13)14/h1,3-5H,2,15H2. The first-order valence-corrected chi connectivity index (χ1v) is 4.88. The Hall–Kier alpha value is -1.96. The van der Waals surface area contributed by atoms with Crippen LogP contribution in [0.15, 0.2) is 24.7 Å². The number of nitrogens with zero attached hydrogens (tertiary/aromatic N) is 3. The van der Waals surface area contributed by atoms with E-state index in [1.165, 1.54) is 0 Å². The molecule has 2 N–H and O–H groups in total. The van der Waals surface area contributed by atoms with Gasteiger partial charge in [-0.3, -0.25) is 0 Å². The lowest BCUT2D eigenvalue weighted by Crippen LogP contribution is -2.08. The molecule has 0 saturated carbocycles. The van der Waals surface area contributed by atoms with Gasteiger partial charge in [-0.1, -0.05) is 0 Å². The molecule has 18 heavy (non-hydrogen) atoms. The summed E-state index contributed by atoms with van der Waals surface area (Å²) in [6.45, 7) is -0.0543. The van der Waals surface area contributed by atoms with Gasteiger partial charge >= 0.3 is 6.18 Å². The van der Waals surface area contributed by atoms with Gasteiger partial charge < -0.3 is 5.73 Å². The molecule has 0 aliphatic heterocycles. The van der Waals surface area contributed by atoms with E-state index in [1.807, 2.05) is 0 Å². The molecule has 0 unspecified atom stereocenters. The summed E-state index contributed by atoms with van der Waals surface area (Å²) in [6, 6.07) is 1.11. The molecule has 0 amide bonds. The van der Waals surface area contributed by atoms with Crippen LogP contribution in [0.2, 0.25) is 0 Å². The van der Waals surface area contributed by atoms with Gasteiger partial charge in [0, 0.05) is 18.3 Å². The Labute approximate surface area is 99.0 Å². The summed E-state index contributed by atoms with van der Waals surface area (Å²) >= 11 is 0. The lowest BCUT2D eigenvalue weighted by atomic mass is 10.2. The summed E-state index contributed by atoms with van der Waals surface area (Å²) in [6.07, 6.45) is -2.14. The first-order chi connectivity index (χ1) is 8.41. The normalized spacial score (nSPS) is 11.8. The van der Waals surface area contributed by atoms with Crippen molar-refractivity contribution in [3.63, 3.8) is 0 Å². The van der Waals surface area contributed by atoms with Gasteiger partial charge in [0.1, 0.15) is 5.82 Å². The van der Waals surface area contributed by atoms with Crippen molar-refractivity contribution in [3.8, 4) is 5.82 Å². The third kappa shape index (κ3) is 2.33. The molecule has 0 fully saturated rings. The van der Waals surface area contributed by atoms with Crippen molar-refractivity contribution >= 4 is 0 Å². The lowest BCUT2D eigenvalue weighted by molar-refractivity contribution is -0.137. The molecule has 0 bridgehead atoms. The molecule has 4 nitrogen and oxygen atoms in total. The molecule has 0 aromatic carbocycles. The Morgan fingerprint density at radius 2 is 2.00 bits per heavy atom. The van der Waals surface area contributed by atoms with Gasteiger partial charge in [-0.05, 0) is 6.07 Å². The first-order valence-electron chi connectivity index (χ1n) is 4.88. The van der Waals surface area contributed by atoms with E-state index in [9.17, 15) is 17.6 Å². The Morgan fingerprint density at radius 1 is 1.28 bits per heavy atom. The number of aromatic nitrogens is 3. The summed E-state index contributed by atoms with van der Waals surface area (Å²) in [5.41, 5.74) is 4.74. The van der Waals surface area contributed by atoms with E-state index >= 15 is 0 Å². The number of nitrogens with two attached hydrogens (primary N) is 1. The summed E-state index contributed by atoms with van der Waals surface area (Å²) in [5.74, 6) is -0.531. The summed E-state index contributed by atoms with van der Waals surface area (Å²) in [7, 11) is 0. The van der Waals surface area contributed by atoms with Crippen LogP contribution in [-0.2, 0) is 12.7 Å². The molecule has 2 aromatic rings. The molecule has 0 saturated heterocycles. The molecule has 0 aliphatic rings. The molecule has 0 radical (unpaired) electrons. The maximum absolute atomic E-state index is 12.9. The number of alkyl halides is 3. The minimum absolute atomic E-state index is 0.0543. The van der Waals surface area contributed by atoms with Crippen molar-refractivity contribution < 1.29 is 17.6 Å². The second kappa shape index (κ2) is 4.37. The second-order valence-corrected chi connectivity index (χ2v) is 3.51. The fourth-order valence-electron chi connectivity index (χ4n) is 1.42. The van der Waals surface area contributed by atoms with Crippen molar-refractivity contribution in [2.45, 2.75) is 12.7 Å². The quantitative estimate of drug-likeness (QED) is 0.839. The van der Waals surface area contributed by atoms with Crippen molar-refractivity contribution in [1.82, 2.24) is 14.8 Å². The van der Waals surface area contributed by atoms with Crippen molar-refractivity contribution in [3.05, 3.63) is 41.6 Å². The van der Waals surface area contributed by atoms with Crippen LogP contribution in [-0.4, -0.2) is 14.8 Å². The third-order valence-corrected chi connectivity index (χ3v) is 2.26. The van der Waals surface area contributed by atoms with Crippen LogP contribution in [0.25, 0.3) is 5.82 Å². The van der Waals surface area contributed by atoms with Crippen LogP contribution in [0.3, 0.4) is 0 Å². The van der Waals surface area contributed by atoms with Crippen LogP contribution in [0, 0.1) is 5.82 Å². The summed E-state index contributed by atoms with van der Waals surface area (Å²) < 4.78 is 51.1. The molecule has 0 aliphatic carbocycles. The number of hydrogen-bond donors (Lipinski definition) is 1. The lowest BCUT2D eigenvalue weighted by Gasteiger charge is -2.06. The monoisotopic (exact) mass is 260 g/mol. The maximum Gasteiger partial charge on any atom is 0.419 e. The average molecular weight is 260 g/mol. The minimum Gasteiger partial charge on any atom is -0.326 e. The third-order valence-electron chi connectivity index (χ3n) is 2.26. The molecule has 96 valence electrons. The van der Waals surface area contributed by atoms with Gasteiger partial charge in [-0.2, -0.15) is 18.3 Å². The van der Waals surface area contributed by atoms with Gasteiger partial charge in [0.25, 0.3) is 0 Å². The first kappa shape index (κ1) is 12.5. The Morgan fingerprint density at radius 3 is 2.56 bits per heavy atom. The highest BCUT2D eigenvalue weighted by molar-refractivity contribution is 5.34. The van der Waals surface area contributed by atoms with E-state index in [4.69, 9.17) is 5.73 Å². The largest absolute Gasteiger partial charge is 0.419 e. The predicted molar refractivity (Wildman–Crippen MR) is 54.2 cm³/mol. The molecule has 2 rings (SSSR count). The number of halogens is 4. The highest BCUT2D eigenvalue weighted by Crippen LogP contribution is 2.29. The molecule has 8 heteroatoms. The van der Waals surface area contributed by atoms with E-state index in [0.717, 1.165) is 23.1 Å². The summed E-state index contributed by atoms with van der Waals surface area (Å²) in [5, 5.41) is 3.55. The Kier molecular flexibility index (Phi) is 3.04. The van der Waals surface area contributed by atoms with Gasteiger partial charge in [0.05, 0.1) is 18.0 Å². The van der Waals surface area contributed by atoms with Gasteiger partial charge in [0.2, 0.25) is 0 Å². The van der Waals surface area contributed by atoms with Crippen molar-refractivity contribution in [2.75, 3.05) is 0 Å². The van der Waals surface area contributed by atoms with E-state index in [2.05, 4.69) is 10.1 Å². The zero-order valence-electron chi connectivity index (χ0n) is 8.95. The zero-order chi connectivity index (χ0) is 13.3. The van der Waals surface area contributed by atoms with E-state index in [0.29, 0.717) is 6.20 Å². The molecule has 0 spiro atoms. The van der Waals surface area contributed by atoms with Crippen LogP contribution in [0.1, 0.15) is 11.1 Å². The highest BCUT2D eigenvalue weighted by atomic mass is 19.4. The molecule has 0 atom stereocenters. The number of hydrogen-bond acceptors (Lipinski definition) is 3. The van der Waals surface area contributed by atoms with Gasteiger partial charge in [-0.15, -0.1) is 0 Å². The molecule has 2 aromatic heterocycles. The fourth-order valence-corrected chi connectivity index (χ4v) is 1.42. The fraction of sp³-hybridized carbons (Fsp3) is 0.200. The van der Waals surface area contributed by atoms with E-state index in [1.54, 1.807) is 0 Å². The Bertz CT molecular complexity index is 561. The topological polar surface area (TPSA) is 56.7 Å². The average Bonchev–Trinajstić information content (AvgIpc) is 2.77. The van der Waals surface area contributed by atoms with Crippen LogP contribution in [0.4, 0.5) is 17.6 Å². The van der Waals surface area contributed by atoms with Crippen molar-refractivity contribution in [2.24, 2.45) is 5.73 Å². The van der Waals surface area contributed by atoms with Crippen LogP contribution < -0.4 is 5.73 Å². The number of rotatable bonds is 2. The van der Waals surface area contributed by atoms with Crippen LogP contribution in [0.5, 0.6) is 0 Å². The maximum atomic E-state index is 12.9. The summed E-state index contributed by atoms with van der Waals surface area (Å²) in [4.78, 5) is 3.69. The predicted octanol–water partition coefficient (Wildman–Crippen LogP) is 1.88. The van der Waals surface area contributed by atoms with Crippen molar-refractivity contribution in [1.29, 1.82) is 0 Å². The number of pyridine rings is 1. The van der Waals surface area contributed by atoms with E-state index < -0.39 is 17.6 Å². The van der Waals surface area contributed by atoms with E-state index in [-0.39, 0.29) is 17.9 Å². The SMILES string of the molecule is NCc1cc(F)cnc1-n1cc(C(F)(F)F)cn1. The molecular weight excluding hydrogens is 252 g/mol. The highest BCUT2D eigenvalue weighted by Gasteiger charge is 2.32. The van der Waals surface area contributed by atoms with Gasteiger partial charge in [0.15, 0.2) is 5.82 Å².